The van der Waals surface area contributed by atoms with E-state index in [1.54, 1.807) is 27.7 Å². The molecule has 1 aliphatic heterocycles. The first-order valence-corrected chi connectivity index (χ1v) is 12.8. The number of thioether (sulfide) groups is 1. The van der Waals surface area contributed by atoms with Gasteiger partial charge in [0.25, 0.3) is 5.56 Å². The van der Waals surface area contributed by atoms with E-state index in [2.05, 4.69) is 38.1 Å². The Morgan fingerprint density at radius 2 is 1.84 bits per heavy atom. The summed E-state index contributed by atoms with van der Waals surface area (Å²) in [6, 6.07) is 20.3. The van der Waals surface area contributed by atoms with E-state index >= 15 is 0 Å². The van der Waals surface area contributed by atoms with E-state index in [-0.39, 0.29) is 11.2 Å². The number of ether oxygens (including phenoxy) is 1. The molecule has 0 fully saturated rings. The Bertz CT molecular complexity index is 1300. The van der Waals surface area contributed by atoms with Crippen LogP contribution in [-0.2, 0) is 24.2 Å². The van der Waals surface area contributed by atoms with Crippen LogP contribution in [0, 0.1) is 0 Å². The van der Waals surface area contributed by atoms with Crippen LogP contribution in [0.4, 0.5) is 0 Å². The maximum absolute atomic E-state index is 13.9. The second-order valence-electron chi connectivity index (χ2n) is 8.41. The smallest absolute Gasteiger partial charge is 0.267 e. The average molecular weight is 463 g/mol. The number of nitrogens with zero attached hydrogens (tertiary/aromatic N) is 2. The Morgan fingerprint density at radius 3 is 2.56 bits per heavy atom. The molecule has 5 rings (SSSR count). The molecule has 4 aromatic rings. The minimum Gasteiger partial charge on any atom is -0.369 e. The summed E-state index contributed by atoms with van der Waals surface area (Å²) < 4.78 is 7.93. The highest BCUT2D eigenvalue weighted by molar-refractivity contribution is 7.99. The summed E-state index contributed by atoms with van der Waals surface area (Å²) >= 11 is 3.25. The molecule has 164 valence electrons. The first kappa shape index (κ1) is 21.4. The lowest BCUT2D eigenvalue weighted by Crippen LogP contribution is -2.34. The molecule has 1 aliphatic rings. The fourth-order valence-corrected chi connectivity index (χ4v) is 6.28. The topological polar surface area (TPSA) is 44.1 Å². The second-order valence-corrected chi connectivity index (χ2v) is 10.6. The maximum atomic E-state index is 13.9. The average Bonchev–Trinajstić information content (AvgIpc) is 3.18. The van der Waals surface area contributed by atoms with Crippen LogP contribution in [0.1, 0.15) is 36.3 Å². The summed E-state index contributed by atoms with van der Waals surface area (Å²) in [6.45, 7) is 4.83. The Morgan fingerprint density at radius 1 is 1.12 bits per heavy atom. The highest BCUT2D eigenvalue weighted by atomic mass is 32.2. The van der Waals surface area contributed by atoms with E-state index in [0.717, 1.165) is 56.5 Å². The summed E-state index contributed by atoms with van der Waals surface area (Å²) in [6.07, 6.45) is 2.60. The lowest BCUT2D eigenvalue weighted by molar-refractivity contribution is -0.0543. The van der Waals surface area contributed by atoms with Crippen LogP contribution in [0.15, 0.2) is 70.6 Å². The fraction of sp³-hybridized carbons (Fsp3) is 0.308. The molecule has 0 amide bonds. The number of benzene rings is 2. The molecule has 6 heteroatoms. The monoisotopic (exact) mass is 462 g/mol. The molecule has 2 aromatic carbocycles. The van der Waals surface area contributed by atoms with Gasteiger partial charge in [-0.05, 0) is 43.0 Å². The van der Waals surface area contributed by atoms with E-state index in [0.29, 0.717) is 6.61 Å². The number of hydrogen-bond acceptors (Lipinski definition) is 5. The van der Waals surface area contributed by atoms with Gasteiger partial charge >= 0.3 is 0 Å². The van der Waals surface area contributed by atoms with Gasteiger partial charge in [0, 0.05) is 17.1 Å². The number of aryl methyl sites for hydroxylation is 1. The quantitative estimate of drug-likeness (QED) is 0.259. The van der Waals surface area contributed by atoms with Gasteiger partial charge in [0.1, 0.15) is 4.83 Å². The van der Waals surface area contributed by atoms with Crippen LogP contribution in [0.25, 0.3) is 15.9 Å². The van der Waals surface area contributed by atoms with Crippen molar-refractivity contribution in [1.82, 2.24) is 9.55 Å². The predicted molar refractivity (Wildman–Crippen MR) is 133 cm³/mol. The van der Waals surface area contributed by atoms with Crippen LogP contribution in [0.3, 0.4) is 0 Å². The van der Waals surface area contributed by atoms with E-state index in [1.165, 1.54) is 5.56 Å². The Labute approximate surface area is 196 Å². The number of fused-ring (bicyclic) bond motifs is 3. The Kier molecular flexibility index (Phi) is 5.93. The van der Waals surface area contributed by atoms with Crippen LogP contribution in [-0.4, -0.2) is 20.9 Å². The van der Waals surface area contributed by atoms with Crippen molar-refractivity contribution < 1.29 is 4.74 Å². The summed E-state index contributed by atoms with van der Waals surface area (Å²) in [4.78, 5) is 20.9. The van der Waals surface area contributed by atoms with Crippen molar-refractivity contribution in [3.05, 3.63) is 87.0 Å². The van der Waals surface area contributed by atoms with Crippen LogP contribution < -0.4 is 5.56 Å². The molecule has 0 saturated carbocycles. The molecule has 0 radical (unpaired) electrons. The standard InChI is InChI=1S/C26H26N2O2S2/c1-3-26(2)16-20-21(17-30-26)32-23-22(20)24(29)28(19-12-8-5-9-13-19)25(27-23)31-15-14-18-10-6-4-7-11-18/h4-13H,3,14-17H2,1-2H3/t26-/m1/s1. The van der Waals surface area contributed by atoms with Crippen molar-refractivity contribution in [2.24, 2.45) is 0 Å². The van der Waals surface area contributed by atoms with E-state index in [1.807, 2.05) is 36.4 Å². The van der Waals surface area contributed by atoms with Crippen molar-refractivity contribution in [2.45, 2.75) is 50.5 Å². The Balaban J connectivity index is 1.59. The van der Waals surface area contributed by atoms with Crippen molar-refractivity contribution in [1.29, 1.82) is 0 Å². The van der Waals surface area contributed by atoms with Crippen molar-refractivity contribution in [2.75, 3.05) is 5.75 Å². The molecule has 0 unspecified atom stereocenters. The van der Waals surface area contributed by atoms with Gasteiger partial charge in [0.05, 0.1) is 23.3 Å². The van der Waals surface area contributed by atoms with E-state index in [4.69, 9.17) is 9.72 Å². The van der Waals surface area contributed by atoms with Crippen molar-refractivity contribution in [3.8, 4) is 5.69 Å². The molecule has 0 N–H and O–H groups in total. The van der Waals surface area contributed by atoms with Gasteiger partial charge in [-0.2, -0.15) is 0 Å². The fourth-order valence-electron chi connectivity index (χ4n) is 4.13. The third-order valence-corrected chi connectivity index (χ3v) is 8.25. The zero-order chi connectivity index (χ0) is 22.1. The zero-order valence-electron chi connectivity index (χ0n) is 18.3. The van der Waals surface area contributed by atoms with Gasteiger partial charge in [-0.15, -0.1) is 11.3 Å². The maximum Gasteiger partial charge on any atom is 0.267 e. The summed E-state index contributed by atoms with van der Waals surface area (Å²) in [5.41, 5.74) is 3.08. The van der Waals surface area contributed by atoms with Gasteiger partial charge in [-0.1, -0.05) is 67.2 Å². The molecule has 0 bridgehead atoms. The van der Waals surface area contributed by atoms with Crippen molar-refractivity contribution >= 4 is 33.3 Å². The van der Waals surface area contributed by atoms with E-state index < -0.39 is 0 Å². The minimum atomic E-state index is -0.228. The van der Waals surface area contributed by atoms with Gasteiger partial charge < -0.3 is 4.74 Å². The zero-order valence-corrected chi connectivity index (χ0v) is 20.0. The molecule has 3 heterocycles. The number of para-hydroxylation sites is 1. The SMILES string of the molecule is CC[C@]1(C)Cc2c(sc3nc(SCCc4ccccc4)n(-c4ccccc4)c(=O)c23)CO1. The largest absolute Gasteiger partial charge is 0.369 e. The van der Waals surface area contributed by atoms with Crippen molar-refractivity contribution in [3.63, 3.8) is 0 Å². The normalized spacial score (nSPS) is 18.1. The minimum absolute atomic E-state index is 0.0289. The molecule has 0 aliphatic carbocycles. The first-order chi connectivity index (χ1) is 15.6. The Hall–Kier alpha value is -2.41. The van der Waals surface area contributed by atoms with Gasteiger partial charge in [-0.3, -0.25) is 9.36 Å². The predicted octanol–water partition coefficient (Wildman–Crippen LogP) is 6.02. The second kappa shape index (κ2) is 8.85. The summed E-state index contributed by atoms with van der Waals surface area (Å²) in [5.74, 6) is 0.858. The lowest BCUT2D eigenvalue weighted by atomic mass is 9.90. The lowest BCUT2D eigenvalue weighted by Gasteiger charge is -2.32. The molecule has 0 spiro atoms. The highest BCUT2D eigenvalue weighted by Crippen LogP contribution is 2.39. The molecule has 4 nitrogen and oxygen atoms in total. The van der Waals surface area contributed by atoms with Crippen LogP contribution in [0.5, 0.6) is 0 Å². The number of aromatic nitrogens is 2. The molecule has 2 aromatic heterocycles. The first-order valence-electron chi connectivity index (χ1n) is 11.0. The van der Waals surface area contributed by atoms with Gasteiger partial charge in [0.2, 0.25) is 0 Å². The number of hydrogen-bond donors (Lipinski definition) is 0. The number of rotatable bonds is 6. The number of thiophene rings is 1. The third-order valence-electron chi connectivity index (χ3n) is 6.21. The van der Waals surface area contributed by atoms with Gasteiger partial charge in [-0.25, -0.2) is 4.98 Å². The molecular weight excluding hydrogens is 436 g/mol. The highest BCUT2D eigenvalue weighted by Gasteiger charge is 2.33. The molecule has 0 saturated heterocycles. The summed E-state index contributed by atoms with van der Waals surface area (Å²) in [5, 5.41) is 1.52. The van der Waals surface area contributed by atoms with Crippen LogP contribution in [0.2, 0.25) is 0 Å². The molecule has 32 heavy (non-hydrogen) atoms. The summed E-state index contributed by atoms with van der Waals surface area (Å²) in [7, 11) is 0. The van der Waals surface area contributed by atoms with Gasteiger partial charge in [0.15, 0.2) is 5.16 Å². The van der Waals surface area contributed by atoms with E-state index in [9.17, 15) is 4.79 Å². The molecular formula is C26H26N2O2S2. The third kappa shape index (κ3) is 4.03. The van der Waals surface area contributed by atoms with Crippen LogP contribution >= 0.6 is 23.1 Å². The molecule has 1 atom stereocenters.